The van der Waals surface area contributed by atoms with E-state index in [1.807, 2.05) is 13.1 Å². The molecule has 1 aliphatic carbocycles. The lowest BCUT2D eigenvalue weighted by molar-refractivity contribution is -0.137. The molecule has 104 valence electrons. The molecule has 0 amide bonds. The second-order valence-electron chi connectivity index (χ2n) is 4.46. The van der Waals surface area contributed by atoms with E-state index in [1.165, 1.54) is 18.2 Å². The third kappa shape index (κ3) is 3.04. The fourth-order valence-electron chi connectivity index (χ4n) is 2.44. The van der Waals surface area contributed by atoms with Gasteiger partial charge in [0.1, 0.15) is 5.75 Å². The van der Waals surface area contributed by atoms with Crippen LogP contribution >= 0.6 is 11.8 Å². The lowest BCUT2D eigenvalue weighted by atomic mass is 10.1. The first-order valence-corrected chi connectivity index (χ1v) is 7.27. The summed E-state index contributed by atoms with van der Waals surface area (Å²) in [6, 6.07) is 6.42. The number of methoxy groups -OCH3 is 2. The summed E-state index contributed by atoms with van der Waals surface area (Å²) in [5, 5.41) is 3.69. The van der Waals surface area contributed by atoms with E-state index < -0.39 is 0 Å². The molecule has 2 unspecified atom stereocenters. The number of hydrogen-bond acceptors (Lipinski definition) is 5. The van der Waals surface area contributed by atoms with Gasteiger partial charge < -0.3 is 14.8 Å². The van der Waals surface area contributed by atoms with Gasteiger partial charge in [-0.2, -0.15) is 0 Å². The third-order valence-corrected chi connectivity index (χ3v) is 4.70. The van der Waals surface area contributed by atoms with E-state index in [0.717, 1.165) is 12.2 Å². The van der Waals surface area contributed by atoms with Gasteiger partial charge in [-0.25, -0.2) is 0 Å². The van der Waals surface area contributed by atoms with Crippen LogP contribution in [0.15, 0.2) is 18.2 Å². The van der Waals surface area contributed by atoms with Gasteiger partial charge in [0.05, 0.1) is 20.0 Å². The van der Waals surface area contributed by atoms with Crippen molar-refractivity contribution in [1.82, 2.24) is 5.32 Å². The maximum atomic E-state index is 11.3. The summed E-state index contributed by atoms with van der Waals surface area (Å²) in [7, 11) is 5.05. The fourth-order valence-corrected chi connectivity index (χ4v) is 3.68. The van der Waals surface area contributed by atoms with Crippen molar-refractivity contribution in [3.8, 4) is 5.75 Å². The molecule has 0 aliphatic heterocycles. The second kappa shape index (κ2) is 6.30. The van der Waals surface area contributed by atoms with Crippen LogP contribution in [-0.4, -0.2) is 38.2 Å². The van der Waals surface area contributed by atoms with E-state index in [0.29, 0.717) is 11.0 Å². The Morgan fingerprint density at radius 3 is 2.89 bits per heavy atom. The molecule has 0 spiro atoms. The Labute approximate surface area is 117 Å². The highest BCUT2D eigenvalue weighted by Gasteiger charge is 2.32. The zero-order valence-electron chi connectivity index (χ0n) is 11.4. The van der Waals surface area contributed by atoms with Crippen molar-refractivity contribution in [1.29, 1.82) is 0 Å². The van der Waals surface area contributed by atoms with E-state index in [4.69, 9.17) is 9.47 Å². The first-order chi connectivity index (χ1) is 9.19. The first kappa shape index (κ1) is 14.2. The summed E-state index contributed by atoms with van der Waals surface area (Å²) < 4.78 is 9.97. The normalized spacial score (nSPS) is 21.0. The Balaban J connectivity index is 2.11. The monoisotopic (exact) mass is 281 g/mol. The Kier molecular flexibility index (Phi) is 4.71. The van der Waals surface area contributed by atoms with Crippen molar-refractivity contribution in [2.45, 2.75) is 17.7 Å². The minimum atomic E-state index is -0.173. The zero-order valence-corrected chi connectivity index (χ0v) is 12.3. The Morgan fingerprint density at radius 1 is 1.47 bits per heavy atom. The summed E-state index contributed by atoms with van der Waals surface area (Å²) in [5.41, 5.74) is 2.59. The number of fused-ring (bicyclic) bond motifs is 1. The van der Waals surface area contributed by atoms with Crippen LogP contribution in [0.3, 0.4) is 0 Å². The molecule has 1 N–H and O–H groups in total. The molecule has 0 radical (unpaired) electrons. The highest BCUT2D eigenvalue weighted by Crippen LogP contribution is 2.39. The van der Waals surface area contributed by atoms with Crippen LogP contribution in [0.1, 0.15) is 17.2 Å². The van der Waals surface area contributed by atoms with Gasteiger partial charge in [0.15, 0.2) is 0 Å². The predicted molar refractivity (Wildman–Crippen MR) is 76.8 cm³/mol. The molecule has 0 bridgehead atoms. The van der Waals surface area contributed by atoms with Gasteiger partial charge in [-0.15, -0.1) is 11.8 Å². The van der Waals surface area contributed by atoms with Gasteiger partial charge in [-0.1, -0.05) is 6.07 Å². The van der Waals surface area contributed by atoms with Crippen LogP contribution in [0.2, 0.25) is 0 Å². The lowest BCUT2D eigenvalue weighted by Gasteiger charge is -2.19. The van der Waals surface area contributed by atoms with E-state index in [9.17, 15) is 4.79 Å². The van der Waals surface area contributed by atoms with E-state index in [-0.39, 0.29) is 12.0 Å². The van der Waals surface area contributed by atoms with Crippen LogP contribution < -0.4 is 10.1 Å². The van der Waals surface area contributed by atoms with Crippen molar-refractivity contribution in [3.05, 3.63) is 29.3 Å². The predicted octanol–water partition coefficient (Wildman–Crippen LogP) is 1.79. The molecule has 2 rings (SSSR count). The van der Waals surface area contributed by atoms with Gasteiger partial charge in [-0.05, 0) is 36.7 Å². The molecule has 1 aliphatic rings. The largest absolute Gasteiger partial charge is 0.497 e. The number of carbonyl (C=O) groups excluding carboxylic acids is 1. The van der Waals surface area contributed by atoms with Crippen LogP contribution in [-0.2, 0) is 16.0 Å². The maximum Gasteiger partial charge on any atom is 0.315 e. The van der Waals surface area contributed by atoms with Gasteiger partial charge in [0.25, 0.3) is 0 Å². The zero-order chi connectivity index (χ0) is 13.8. The number of thioether (sulfide) groups is 1. The smallest absolute Gasteiger partial charge is 0.315 e. The SMILES string of the molecule is CNC1c2cc(OC)ccc2CC1SCC(=O)OC. The summed E-state index contributed by atoms with van der Waals surface area (Å²) in [5.74, 6) is 1.09. The summed E-state index contributed by atoms with van der Waals surface area (Å²) >= 11 is 1.64. The van der Waals surface area contributed by atoms with Gasteiger partial charge in [-0.3, -0.25) is 4.79 Å². The summed E-state index contributed by atoms with van der Waals surface area (Å²) in [4.78, 5) is 11.3. The molecule has 0 fully saturated rings. The second-order valence-corrected chi connectivity index (χ2v) is 5.69. The number of ether oxygens (including phenoxy) is 2. The number of hydrogen-bond donors (Lipinski definition) is 1. The van der Waals surface area contributed by atoms with Gasteiger partial charge in [0.2, 0.25) is 0 Å². The van der Waals surface area contributed by atoms with Crippen LogP contribution in [0.5, 0.6) is 5.75 Å². The topological polar surface area (TPSA) is 47.6 Å². The third-order valence-electron chi connectivity index (χ3n) is 3.43. The average molecular weight is 281 g/mol. The van der Waals surface area contributed by atoms with Crippen molar-refractivity contribution >= 4 is 17.7 Å². The van der Waals surface area contributed by atoms with Gasteiger partial charge >= 0.3 is 5.97 Å². The van der Waals surface area contributed by atoms with E-state index in [1.54, 1.807) is 18.9 Å². The number of carbonyl (C=O) groups is 1. The number of rotatable bonds is 5. The van der Waals surface area contributed by atoms with Crippen LogP contribution in [0.25, 0.3) is 0 Å². The number of benzene rings is 1. The Bertz CT molecular complexity index is 464. The van der Waals surface area contributed by atoms with E-state index in [2.05, 4.69) is 17.4 Å². The highest BCUT2D eigenvalue weighted by atomic mass is 32.2. The fraction of sp³-hybridized carbons (Fsp3) is 0.500. The molecule has 0 aromatic heterocycles. The lowest BCUT2D eigenvalue weighted by Crippen LogP contribution is -2.24. The number of esters is 1. The van der Waals surface area contributed by atoms with Crippen molar-refractivity contribution < 1.29 is 14.3 Å². The minimum absolute atomic E-state index is 0.173. The van der Waals surface area contributed by atoms with Crippen LogP contribution in [0.4, 0.5) is 0 Å². The molecule has 19 heavy (non-hydrogen) atoms. The van der Waals surface area contributed by atoms with Gasteiger partial charge in [0, 0.05) is 11.3 Å². The molecule has 0 saturated heterocycles. The van der Waals surface area contributed by atoms with Crippen LogP contribution in [0, 0.1) is 0 Å². The number of nitrogens with one attached hydrogen (secondary N) is 1. The average Bonchev–Trinajstić information content (AvgIpc) is 2.80. The molecule has 0 heterocycles. The minimum Gasteiger partial charge on any atom is -0.497 e. The maximum absolute atomic E-state index is 11.3. The van der Waals surface area contributed by atoms with Crippen molar-refractivity contribution in [2.24, 2.45) is 0 Å². The standard InChI is InChI=1S/C14H19NO3S/c1-15-14-11-7-10(17-2)5-4-9(11)6-12(14)19-8-13(16)18-3/h4-5,7,12,14-15H,6,8H2,1-3H3. The molecule has 4 nitrogen and oxygen atoms in total. The Morgan fingerprint density at radius 2 is 2.26 bits per heavy atom. The Hall–Kier alpha value is -1.20. The molecule has 0 saturated carbocycles. The highest BCUT2D eigenvalue weighted by molar-refractivity contribution is 8.00. The van der Waals surface area contributed by atoms with Crippen molar-refractivity contribution in [2.75, 3.05) is 27.0 Å². The molecular weight excluding hydrogens is 262 g/mol. The molecule has 1 aromatic carbocycles. The molecule has 1 aromatic rings. The van der Waals surface area contributed by atoms with E-state index >= 15 is 0 Å². The summed E-state index contributed by atoms with van der Waals surface area (Å²) in [6.45, 7) is 0. The quantitative estimate of drug-likeness (QED) is 0.834. The molecular formula is C14H19NO3S. The first-order valence-electron chi connectivity index (χ1n) is 6.22. The summed E-state index contributed by atoms with van der Waals surface area (Å²) in [6.07, 6.45) is 0.965. The molecule has 5 heteroatoms. The van der Waals surface area contributed by atoms with Crippen molar-refractivity contribution in [3.63, 3.8) is 0 Å². The molecule has 2 atom stereocenters.